The molecular weight excluding hydrogens is 344 g/mol. The van der Waals surface area contributed by atoms with Gasteiger partial charge in [-0.1, -0.05) is 25.7 Å². The van der Waals surface area contributed by atoms with Gasteiger partial charge in [0.1, 0.15) is 0 Å². The van der Waals surface area contributed by atoms with Gasteiger partial charge >= 0.3 is 15.5 Å². The summed E-state index contributed by atoms with van der Waals surface area (Å²) < 4.78 is 24.3. The van der Waals surface area contributed by atoms with Gasteiger partial charge in [-0.25, -0.2) is 4.79 Å². The summed E-state index contributed by atoms with van der Waals surface area (Å²) in [5.41, 5.74) is 0. The number of esters is 1. The number of hydrogen-bond acceptors (Lipinski definition) is 6. The van der Waals surface area contributed by atoms with Crippen LogP contribution in [0.25, 0.3) is 0 Å². The van der Waals surface area contributed by atoms with Crippen LogP contribution in [-0.2, 0) is 27.2 Å². The average molecular weight is 381 g/mol. The second kappa shape index (κ2) is 27.1. The van der Waals surface area contributed by atoms with E-state index in [4.69, 9.17) is 22.4 Å². The van der Waals surface area contributed by atoms with Crippen molar-refractivity contribution in [3.05, 3.63) is 24.8 Å². The van der Waals surface area contributed by atoms with Crippen LogP contribution in [0.3, 0.4) is 0 Å². The highest BCUT2D eigenvalue weighted by Crippen LogP contribution is 1.91. The summed E-state index contributed by atoms with van der Waals surface area (Å²) in [5, 5.41) is 0. The Bertz CT molecular complexity index is 278. The molecular formula is C16H36O6Si2. The molecule has 0 aromatic carbocycles. The fourth-order valence-electron chi connectivity index (χ4n) is 1.21. The maximum Gasteiger partial charge on any atom is 0.483 e. The fourth-order valence-corrected chi connectivity index (χ4v) is 2.68. The van der Waals surface area contributed by atoms with E-state index in [1.807, 2.05) is 13.8 Å². The quantitative estimate of drug-likeness (QED) is 0.180. The third kappa shape index (κ3) is 29.3. The van der Waals surface area contributed by atoms with Crippen molar-refractivity contribution >= 4 is 25.3 Å². The van der Waals surface area contributed by atoms with Gasteiger partial charge in [-0.15, -0.1) is 0 Å². The lowest BCUT2D eigenvalue weighted by molar-refractivity contribution is -0.137. The third-order valence-corrected chi connectivity index (χ3v) is 4.99. The van der Waals surface area contributed by atoms with Gasteiger partial charge in [0.15, 0.2) is 9.76 Å². The summed E-state index contributed by atoms with van der Waals surface area (Å²) in [5.74, 6) is -0.340. The molecule has 24 heavy (non-hydrogen) atoms. The van der Waals surface area contributed by atoms with E-state index in [1.165, 1.54) is 6.08 Å². The largest absolute Gasteiger partial charge is 0.483 e. The first-order chi connectivity index (χ1) is 11.6. The second-order valence-corrected chi connectivity index (χ2v) is 7.76. The zero-order valence-corrected chi connectivity index (χ0v) is 18.8. The minimum absolute atomic E-state index is 0.340. The highest BCUT2D eigenvalue weighted by atomic mass is 28.3. The zero-order chi connectivity index (χ0) is 19.1. The third-order valence-electron chi connectivity index (χ3n) is 2.35. The topological polar surface area (TPSA) is 63.2 Å². The van der Waals surface area contributed by atoms with Crippen LogP contribution in [0, 0.1) is 0 Å². The number of carbonyl (C=O) groups is 1. The lowest BCUT2D eigenvalue weighted by Crippen LogP contribution is -2.21. The standard InChI is InChI=1S/C8H16O3Si.C5H10.C3H10O3Si/c1-3-8(9)10-6-5-7-12-11-4-2;1-3-5-4-2;1-4-7(5-2)6-3/h3H,1,4-7,12H2,2H3;3,5H,4H2,1-2H3;7H,1-3H3. The molecule has 0 rings (SSSR count). The Balaban J connectivity index is -0.000000311. The van der Waals surface area contributed by atoms with Crippen LogP contribution >= 0.6 is 0 Å². The molecule has 6 nitrogen and oxygen atoms in total. The zero-order valence-electron chi connectivity index (χ0n) is 16.2. The Morgan fingerprint density at radius 1 is 1.17 bits per heavy atom. The van der Waals surface area contributed by atoms with Crippen LogP contribution < -0.4 is 0 Å². The monoisotopic (exact) mass is 380 g/mol. The predicted molar refractivity (Wildman–Crippen MR) is 104 cm³/mol. The first-order valence-electron chi connectivity index (χ1n) is 8.14. The number of allylic oxidation sites excluding steroid dienone is 2. The van der Waals surface area contributed by atoms with Gasteiger partial charge in [0.25, 0.3) is 0 Å². The first kappa shape index (κ1) is 28.0. The van der Waals surface area contributed by atoms with E-state index in [-0.39, 0.29) is 15.7 Å². The van der Waals surface area contributed by atoms with Gasteiger partial charge in [0, 0.05) is 34.0 Å². The van der Waals surface area contributed by atoms with Crippen molar-refractivity contribution < 1.29 is 27.2 Å². The first-order valence-corrected chi connectivity index (χ1v) is 11.1. The van der Waals surface area contributed by atoms with E-state index in [0.29, 0.717) is 6.61 Å². The van der Waals surface area contributed by atoms with Gasteiger partial charge in [-0.2, -0.15) is 0 Å². The van der Waals surface area contributed by atoms with Crippen LogP contribution in [0.5, 0.6) is 0 Å². The molecule has 144 valence electrons. The summed E-state index contributed by atoms with van der Waals surface area (Å²) in [4.78, 5) is 10.5. The van der Waals surface area contributed by atoms with Crippen molar-refractivity contribution in [3.63, 3.8) is 0 Å². The Morgan fingerprint density at radius 3 is 2.04 bits per heavy atom. The Labute approximate surface area is 152 Å². The fraction of sp³-hybridized carbons (Fsp3) is 0.688. The smallest absolute Gasteiger partial charge is 0.463 e. The molecule has 0 saturated heterocycles. The highest BCUT2D eigenvalue weighted by molar-refractivity contribution is 6.36. The van der Waals surface area contributed by atoms with Gasteiger partial charge in [-0.05, 0) is 32.7 Å². The molecule has 0 spiro atoms. The molecule has 0 aromatic rings. The Morgan fingerprint density at radius 2 is 1.75 bits per heavy atom. The van der Waals surface area contributed by atoms with E-state index in [9.17, 15) is 4.79 Å². The summed E-state index contributed by atoms with van der Waals surface area (Å²) in [6, 6.07) is 1.07. The normalized spacial score (nSPS) is 10.3. The molecule has 0 aromatic heterocycles. The van der Waals surface area contributed by atoms with Gasteiger partial charge < -0.3 is 22.4 Å². The number of ether oxygens (including phenoxy) is 1. The number of rotatable bonds is 11. The molecule has 0 atom stereocenters. The van der Waals surface area contributed by atoms with Crippen molar-refractivity contribution in [2.75, 3.05) is 34.5 Å². The minimum Gasteiger partial charge on any atom is -0.463 e. The molecule has 0 amide bonds. The van der Waals surface area contributed by atoms with E-state index >= 15 is 0 Å². The summed E-state index contributed by atoms with van der Waals surface area (Å²) in [7, 11) is 2.69. The molecule has 0 N–H and O–H groups in total. The highest BCUT2D eigenvalue weighted by Gasteiger charge is 2.04. The molecule has 0 unspecified atom stereocenters. The SMILES string of the molecule is C=CC(=O)OCCC[SiH2]OCC.CC=CCC.CO[SiH](OC)OC. The average Bonchev–Trinajstić information content (AvgIpc) is 2.61. The van der Waals surface area contributed by atoms with Crippen LogP contribution in [0.15, 0.2) is 24.8 Å². The Hall–Kier alpha value is -0.776. The molecule has 0 fully saturated rings. The van der Waals surface area contributed by atoms with Crippen molar-refractivity contribution in [2.24, 2.45) is 0 Å². The van der Waals surface area contributed by atoms with Gasteiger partial charge in [0.05, 0.1) is 6.61 Å². The number of carbonyl (C=O) groups excluding carboxylic acids is 1. The lowest BCUT2D eigenvalue weighted by Gasteiger charge is -2.05. The molecule has 0 heterocycles. The molecule has 0 aliphatic rings. The molecule has 0 aliphatic carbocycles. The van der Waals surface area contributed by atoms with E-state index in [1.54, 1.807) is 21.3 Å². The molecule has 0 bridgehead atoms. The summed E-state index contributed by atoms with van der Waals surface area (Å²) in [6.45, 7) is 10.7. The van der Waals surface area contributed by atoms with Gasteiger partial charge in [-0.3, -0.25) is 0 Å². The summed E-state index contributed by atoms with van der Waals surface area (Å²) in [6.07, 6.45) is 7.43. The molecule has 0 aliphatic heterocycles. The van der Waals surface area contributed by atoms with Crippen LogP contribution in [0.2, 0.25) is 6.04 Å². The van der Waals surface area contributed by atoms with Crippen molar-refractivity contribution in [1.29, 1.82) is 0 Å². The van der Waals surface area contributed by atoms with Crippen LogP contribution in [-0.4, -0.2) is 59.8 Å². The molecule has 0 radical (unpaired) electrons. The Kier molecular flexibility index (Phi) is 31.7. The van der Waals surface area contributed by atoms with Crippen LogP contribution in [0.1, 0.15) is 33.6 Å². The molecule has 0 saturated carbocycles. The van der Waals surface area contributed by atoms with Crippen molar-refractivity contribution in [1.82, 2.24) is 0 Å². The summed E-state index contributed by atoms with van der Waals surface area (Å²) >= 11 is 0. The lowest BCUT2D eigenvalue weighted by atomic mass is 10.4. The maximum atomic E-state index is 10.5. The minimum atomic E-state index is -1.67. The van der Waals surface area contributed by atoms with E-state index < -0.39 is 9.53 Å². The van der Waals surface area contributed by atoms with E-state index in [0.717, 1.165) is 25.5 Å². The van der Waals surface area contributed by atoms with Crippen LogP contribution in [0.4, 0.5) is 0 Å². The van der Waals surface area contributed by atoms with Crippen molar-refractivity contribution in [2.45, 2.75) is 39.7 Å². The predicted octanol–water partition coefficient (Wildman–Crippen LogP) is 2.26. The van der Waals surface area contributed by atoms with Crippen molar-refractivity contribution in [3.8, 4) is 0 Å². The van der Waals surface area contributed by atoms with E-state index in [2.05, 4.69) is 25.7 Å². The number of hydrogen-bond donors (Lipinski definition) is 0. The second-order valence-electron chi connectivity index (χ2n) is 4.25. The molecule has 8 heteroatoms. The maximum absolute atomic E-state index is 10.5. The van der Waals surface area contributed by atoms with Gasteiger partial charge in [0.2, 0.25) is 0 Å².